The van der Waals surface area contributed by atoms with Crippen molar-refractivity contribution >= 4 is 67.9 Å². The zero-order valence-electron chi connectivity index (χ0n) is 25.6. The predicted molar refractivity (Wildman–Crippen MR) is 172 cm³/mol. The third kappa shape index (κ3) is 5.63. The highest BCUT2D eigenvalue weighted by atomic mass is 32.7. The number of halogens is 1. The number of nitrogens with one attached hydrogen (secondary N) is 1. The first-order valence-electron chi connectivity index (χ1n) is 15.1. The summed E-state index contributed by atoms with van der Waals surface area (Å²) in [5, 5.41) is 4.19. The van der Waals surface area contributed by atoms with Gasteiger partial charge in [-0.25, -0.2) is 33.9 Å². The number of rotatable bonds is 3. The van der Waals surface area contributed by atoms with Gasteiger partial charge in [0, 0.05) is 19.9 Å². The molecule has 4 aromatic heterocycles. The molecule has 18 nitrogen and oxygen atoms in total. The summed E-state index contributed by atoms with van der Waals surface area (Å²) >= 11 is 4.15. The molecule has 48 heavy (non-hydrogen) atoms. The van der Waals surface area contributed by atoms with Crippen LogP contribution in [0.5, 0.6) is 0 Å². The second-order valence-corrected chi connectivity index (χ2v) is 16.7. The van der Waals surface area contributed by atoms with E-state index in [0.717, 1.165) is 30.3 Å². The van der Waals surface area contributed by atoms with Crippen LogP contribution < -0.4 is 11.1 Å². The Bertz CT molecular complexity index is 1980. The summed E-state index contributed by atoms with van der Waals surface area (Å²) in [6.45, 7) is -4.38. The topological polar surface area (TPSA) is 211 Å². The van der Waals surface area contributed by atoms with Crippen LogP contribution in [0.1, 0.15) is 24.4 Å². The Kier molecular flexibility index (Phi) is 8.30. The van der Waals surface area contributed by atoms with Gasteiger partial charge in [0.2, 0.25) is 0 Å². The number of imidazole rings is 1. The van der Waals surface area contributed by atoms with Gasteiger partial charge in [-0.3, -0.25) is 18.2 Å². The number of fused-ring (bicyclic) bond motifs is 3. The number of thiol groups is 1. The van der Waals surface area contributed by atoms with Gasteiger partial charge < -0.3 is 38.9 Å². The molecule has 23 heteroatoms. The van der Waals surface area contributed by atoms with Crippen molar-refractivity contribution in [2.24, 2.45) is 0 Å². The number of nitrogens with zero attached hydrogens (tertiary/aromatic N) is 7. The number of nitrogen functional groups attached to an aromatic ring is 1. The van der Waals surface area contributed by atoms with Crippen molar-refractivity contribution in [3.63, 3.8) is 0 Å². The first-order chi connectivity index (χ1) is 23.0. The van der Waals surface area contributed by atoms with Gasteiger partial charge in [-0.1, -0.05) is 12.2 Å². The van der Waals surface area contributed by atoms with Crippen molar-refractivity contribution in [3.8, 4) is 0 Å². The third-order valence-corrected chi connectivity index (χ3v) is 11.7. The fraction of sp³-hybridized carbons (Fsp3) is 0.560. The lowest BCUT2D eigenvalue weighted by Gasteiger charge is -2.30. The maximum absolute atomic E-state index is 16.2. The Morgan fingerprint density at radius 3 is 2.60 bits per heavy atom. The molecule has 0 saturated carbocycles. The summed E-state index contributed by atoms with van der Waals surface area (Å²) in [6, 6.07) is 0. The van der Waals surface area contributed by atoms with Gasteiger partial charge >= 0.3 is 6.80 Å². The second-order valence-electron chi connectivity index (χ2n) is 11.8. The lowest BCUT2D eigenvalue weighted by Crippen LogP contribution is -2.39. The molecule has 6 unspecified atom stereocenters. The molecule has 4 aliphatic rings. The fourth-order valence-corrected chi connectivity index (χ4v) is 9.31. The minimum Gasteiger partial charge on any atom is -0.382 e. The monoisotopic (exact) mass is 725 g/mol. The zero-order valence-corrected chi connectivity index (χ0v) is 28.2. The molecule has 3 fully saturated rings. The Morgan fingerprint density at radius 1 is 1.02 bits per heavy atom. The number of hydrogen-bond acceptors (Lipinski definition) is 16. The summed E-state index contributed by atoms with van der Waals surface area (Å²) < 4.78 is 88.2. The lowest BCUT2D eigenvalue weighted by molar-refractivity contribution is -0.0585. The summed E-state index contributed by atoms with van der Waals surface area (Å²) in [6.07, 6.45) is -2.24. The van der Waals surface area contributed by atoms with E-state index in [2.05, 4.69) is 42.5 Å². The number of hydrogen-bond donors (Lipinski definition) is 3. The van der Waals surface area contributed by atoms with E-state index in [9.17, 15) is 9.13 Å². The van der Waals surface area contributed by atoms with Crippen molar-refractivity contribution < 1.29 is 45.8 Å². The molecule has 10 atom stereocenters. The molecule has 8 heterocycles. The van der Waals surface area contributed by atoms with Crippen LogP contribution in [0, 0.1) is 0 Å². The summed E-state index contributed by atoms with van der Waals surface area (Å²) in [5.41, 5.74) is 7.95. The molecule has 3 N–H and O–H groups in total. The normalized spacial score (nSPS) is 37.3. The molecule has 0 spiro atoms. The second kappa shape index (κ2) is 12.3. The molecule has 3 saturated heterocycles. The number of alkyl halides is 1. The lowest BCUT2D eigenvalue weighted by atomic mass is 10.1. The van der Waals surface area contributed by atoms with E-state index >= 15 is 4.39 Å². The highest BCUT2D eigenvalue weighted by molar-refractivity contribution is 8.44. The molecule has 0 bridgehead atoms. The van der Waals surface area contributed by atoms with Crippen LogP contribution >= 0.6 is 26.5 Å². The molecule has 8 rings (SSSR count). The highest BCUT2D eigenvalue weighted by Crippen LogP contribution is 2.58. The van der Waals surface area contributed by atoms with Crippen molar-refractivity contribution in [1.29, 1.82) is 0 Å². The number of methoxy groups -OCH3 is 1. The van der Waals surface area contributed by atoms with E-state index < -0.39 is 76.6 Å². The van der Waals surface area contributed by atoms with Crippen LogP contribution in [0.25, 0.3) is 22.2 Å². The average Bonchev–Trinajstić information content (AvgIpc) is 3.77. The summed E-state index contributed by atoms with van der Waals surface area (Å²) in [5.74, 6) is 0.804. The van der Waals surface area contributed by atoms with Gasteiger partial charge in [-0.2, -0.15) is 0 Å². The predicted octanol–water partition coefficient (Wildman–Crippen LogP) is 1.96. The van der Waals surface area contributed by atoms with Crippen LogP contribution in [-0.2, 0) is 47.9 Å². The number of aromatic nitrogens is 7. The largest absolute Gasteiger partial charge is 0.386 e. The average molecular weight is 725 g/mol. The van der Waals surface area contributed by atoms with Crippen molar-refractivity contribution in [1.82, 2.24) is 34.1 Å². The highest BCUT2D eigenvalue weighted by Gasteiger charge is 2.54. The zero-order chi connectivity index (χ0) is 33.4. The van der Waals surface area contributed by atoms with Crippen LogP contribution in [0.3, 0.4) is 0 Å². The molecule has 0 radical (unpaired) electrons. The Hall–Kier alpha value is -2.71. The molecule has 4 aliphatic heterocycles. The number of nitrogens with two attached hydrogens (primary N) is 1. The number of anilines is 2. The van der Waals surface area contributed by atoms with Crippen LogP contribution in [-0.4, -0.2) is 105 Å². The fourth-order valence-electron chi connectivity index (χ4n) is 6.66. The smallest absolute Gasteiger partial charge is 0.382 e. The minimum atomic E-state index is -4.28. The van der Waals surface area contributed by atoms with Crippen LogP contribution in [0.15, 0.2) is 25.2 Å². The van der Waals surface area contributed by atoms with Gasteiger partial charge in [0.1, 0.15) is 60.2 Å². The molecular weight excluding hydrogens is 694 g/mol. The van der Waals surface area contributed by atoms with Crippen molar-refractivity contribution in [2.75, 3.05) is 37.9 Å². The molecule has 0 amide bonds. The van der Waals surface area contributed by atoms with E-state index in [1.807, 2.05) is 10.8 Å². The first kappa shape index (κ1) is 32.5. The van der Waals surface area contributed by atoms with E-state index in [0.29, 0.717) is 11.5 Å². The van der Waals surface area contributed by atoms with E-state index in [4.69, 9.17) is 38.0 Å². The Labute approximate surface area is 278 Å². The van der Waals surface area contributed by atoms with Gasteiger partial charge in [0.05, 0.1) is 24.9 Å². The summed E-state index contributed by atoms with van der Waals surface area (Å²) in [7, 11) is -1.18. The van der Waals surface area contributed by atoms with Crippen molar-refractivity contribution in [3.05, 3.63) is 30.7 Å². The quantitative estimate of drug-likeness (QED) is 0.157. The maximum atomic E-state index is 16.2. The SMILES string of the molecule is BP1(=O)OC[C@H]2O[C@@H](n3cnc4c(N)ncnc43)C(F)C2OP(=O)(S)OC[C@H]2O[C@@H](n3cc4c5c(ncnc53)NCCC4)C(OC)C2O1. The number of ether oxygens (including phenoxy) is 3. The molecule has 0 aliphatic carbocycles. The van der Waals surface area contributed by atoms with Crippen LogP contribution in [0.2, 0.25) is 0 Å². The van der Waals surface area contributed by atoms with Crippen molar-refractivity contribution in [2.45, 2.75) is 62.0 Å². The van der Waals surface area contributed by atoms with E-state index in [1.54, 1.807) is 0 Å². The Balaban J connectivity index is 1.09. The maximum Gasteiger partial charge on any atom is 0.386 e. The van der Waals surface area contributed by atoms with Gasteiger partial charge in [0.25, 0.3) is 15.0 Å². The third-order valence-electron chi connectivity index (χ3n) is 8.81. The molecule has 4 aromatic rings. The molecular formula is C25H31BFN9O9P2S. The number of aryl methyl sites for hydroxylation is 1. The van der Waals surface area contributed by atoms with Gasteiger partial charge in [0.15, 0.2) is 30.1 Å². The summed E-state index contributed by atoms with van der Waals surface area (Å²) in [4.78, 5) is 21.1. The minimum absolute atomic E-state index is 0.0922. The molecule has 256 valence electrons. The van der Waals surface area contributed by atoms with Gasteiger partial charge in [-0.05, 0) is 18.4 Å². The van der Waals surface area contributed by atoms with E-state index in [-0.39, 0.29) is 17.0 Å². The van der Waals surface area contributed by atoms with Gasteiger partial charge in [-0.15, -0.1) is 0 Å². The standard InChI is InChI=1S/C25H31BFN9O9P2S/c1-39-19-18-13(43-25(19)35-5-11-3-2-4-29-21-14(11)22(35)32-9-31-21)7-41-47(38,48)45-17-12(6-40-46(26,37)44-18)42-24(15(17)27)36-10-34-16-20(28)30-8-33-23(16)36/h5,8-10,12-13,15,17-19,24-25H,2-4,6-7,26H2,1H3,(H,38,48)(H2,28,30,33)(H,29,31,32)/t12-,13-,15?,17?,18?,19?,24-,25-,46?,47?/m1/s1. The Morgan fingerprint density at radius 2 is 1.77 bits per heavy atom. The molecule has 0 aromatic carbocycles. The van der Waals surface area contributed by atoms with E-state index in [1.165, 1.54) is 38.2 Å². The first-order valence-corrected chi connectivity index (χ1v) is 19.8. The van der Waals surface area contributed by atoms with Crippen LogP contribution in [0.4, 0.5) is 16.0 Å².